The van der Waals surface area contributed by atoms with Crippen LogP contribution in [-0.2, 0) is 14.0 Å². The molecule has 0 radical (unpaired) electrons. The number of hydrogen-bond donors (Lipinski definition) is 1. The maximum atomic E-state index is 13.6. The van der Waals surface area contributed by atoms with Gasteiger partial charge in [0.2, 0.25) is 5.91 Å². The van der Waals surface area contributed by atoms with Gasteiger partial charge < -0.3 is 19.4 Å². The van der Waals surface area contributed by atoms with Gasteiger partial charge in [0.15, 0.2) is 8.32 Å². The number of amides is 2. The van der Waals surface area contributed by atoms with Gasteiger partial charge in [0.05, 0.1) is 6.10 Å². The summed E-state index contributed by atoms with van der Waals surface area (Å²) in [6.07, 6.45) is 5.51. The lowest BCUT2D eigenvalue weighted by Crippen LogP contribution is -2.44. The van der Waals surface area contributed by atoms with E-state index < -0.39 is 20.0 Å². The topological polar surface area (TPSA) is 67.9 Å². The first-order valence-corrected chi connectivity index (χ1v) is 17.1. The SMILES string of the molecule is CC(C)(C)OC(=O)NCCCN1C(=O)[C@H]2CCCC[C@H]2[C@@H]1C[C@H](O[Si](C)(C)C(C)(C)C)c1ccccc1. The van der Waals surface area contributed by atoms with E-state index in [2.05, 4.69) is 68.3 Å². The van der Waals surface area contributed by atoms with Crippen molar-refractivity contribution in [1.29, 1.82) is 0 Å². The molecule has 6 nitrogen and oxygen atoms in total. The molecule has 2 amide bonds. The average molecular weight is 531 g/mol. The van der Waals surface area contributed by atoms with E-state index in [1.807, 2.05) is 26.8 Å². The molecule has 2 fully saturated rings. The fourth-order valence-corrected chi connectivity index (χ4v) is 6.84. The van der Waals surface area contributed by atoms with Crippen molar-refractivity contribution in [3.63, 3.8) is 0 Å². The van der Waals surface area contributed by atoms with Gasteiger partial charge in [-0.05, 0) is 76.1 Å². The number of carbonyl (C=O) groups excluding carboxylic acids is 2. The van der Waals surface area contributed by atoms with Crippen LogP contribution >= 0.6 is 0 Å². The molecule has 7 heteroatoms. The molecule has 1 saturated heterocycles. The molecule has 1 N–H and O–H groups in total. The molecular weight excluding hydrogens is 480 g/mol. The predicted octanol–water partition coefficient (Wildman–Crippen LogP) is 7.07. The Kier molecular flexibility index (Phi) is 9.54. The Hall–Kier alpha value is -1.86. The van der Waals surface area contributed by atoms with Gasteiger partial charge in [-0.2, -0.15) is 0 Å². The minimum Gasteiger partial charge on any atom is -0.444 e. The van der Waals surface area contributed by atoms with Crippen molar-refractivity contribution in [3.8, 4) is 0 Å². The van der Waals surface area contributed by atoms with E-state index in [-0.39, 0.29) is 23.1 Å². The van der Waals surface area contributed by atoms with Crippen LogP contribution in [0.1, 0.15) is 91.7 Å². The first-order chi connectivity index (χ1) is 17.2. The van der Waals surface area contributed by atoms with Crippen LogP contribution < -0.4 is 5.32 Å². The Bertz CT molecular complexity index is 906. The van der Waals surface area contributed by atoms with Crippen LogP contribution in [0.5, 0.6) is 0 Å². The minimum absolute atomic E-state index is 0.0389. The molecule has 1 heterocycles. The summed E-state index contributed by atoms with van der Waals surface area (Å²) in [7, 11) is -2.03. The Labute approximate surface area is 226 Å². The fourth-order valence-electron chi connectivity index (χ4n) is 5.54. The number of hydrogen-bond acceptors (Lipinski definition) is 4. The van der Waals surface area contributed by atoms with Crippen molar-refractivity contribution in [3.05, 3.63) is 35.9 Å². The lowest BCUT2D eigenvalue weighted by atomic mass is 9.77. The summed E-state index contributed by atoms with van der Waals surface area (Å²) in [5.74, 6) is 0.808. The molecule has 4 atom stereocenters. The number of carbonyl (C=O) groups is 2. The molecule has 0 unspecified atom stereocenters. The Morgan fingerprint density at radius 2 is 1.73 bits per heavy atom. The zero-order chi connectivity index (χ0) is 27.4. The van der Waals surface area contributed by atoms with E-state index in [1.54, 1.807) is 0 Å². The first-order valence-electron chi connectivity index (χ1n) is 14.2. The number of alkyl carbamates (subject to hydrolysis) is 1. The van der Waals surface area contributed by atoms with Gasteiger partial charge in [0.1, 0.15) is 5.60 Å². The molecule has 208 valence electrons. The number of likely N-dealkylation sites (tertiary alicyclic amines) is 1. The van der Waals surface area contributed by atoms with E-state index in [1.165, 1.54) is 12.0 Å². The molecule has 1 aliphatic carbocycles. The first kappa shape index (κ1) is 29.7. The molecule has 0 spiro atoms. The van der Waals surface area contributed by atoms with Crippen LogP contribution in [-0.4, -0.2) is 50.0 Å². The summed E-state index contributed by atoms with van der Waals surface area (Å²) in [4.78, 5) is 27.8. The highest BCUT2D eigenvalue weighted by Gasteiger charge is 2.49. The van der Waals surface area contributed by atoms with Crippen LogP contribution in [0.15, 0.2) is 30.3 Å². The summed E-state index contributed by atoms with van der Waals surface area (Å²) < 4.78 is 12.4. The molecule has 0 bridgehead atoms. The summed E-state index contributed by atoms with van der Waals surface area (Å²) in [6, 6.07) is 10.7. The quantitative estimate of drug-likeness (QED) is 0.274. The van der Waals surface area contributed by atoms with E-state index in [0.717, 1.165) is 25.7 Å². The monoisotopic (exact) mass is 530 g/mol. The Balaban J connectivity index is 1.77. The molecule has 1 aromatic rings. The molecular formula is C30H50N2O4Si. The number of benzene rings is 1. The van der Waals surface area contributed by atoms with Gasteiger partial charge in [-0.15, -0.1) is 0 Å². The smallest absolute Gasteiger partial charge is 0.407 e. The highest BCUT2D eigenvalue weighted by molar-refractivity contribution is 6.74. The summed E-state index contributed by atoms with van der Waals surface area (Å²) >= 11 is 0. The molecule has 1 saturated carbocycles. The van der Waals surface area contributed by atoms with Gasteiger partial charge in [-0.3, -0.25) is 4.79 Å². The number of ether oxygens (including phenoxy) is 1. The molecule has 3 rings (SSSR count). The van der Waals surface area contributed by atoms with Crippen molar-refractivity contribution in [2.75, 3.05) is 13.1 Å². The van der Waals surface area contributed by atoms with E-state index >= 15 is 0 Å². The maximum absolute atomic E-state index is 13.6. The largest absolute Gasteiger partial charge is 0.444 e. The lowest BCUT2D eigenvalue weighted by molar-refractivity contribution is -0.132. The summed E-state index contributed by atoms with van der Waals surface area (Å²) in [6.45, 7) is 18.2. The third kappa shape index (κ3) is 7.82. The standard InChI is InChI=1S/C30H50N2O4Si/c1-29(2,3)35-28(34)31-19-14-20-32-25(23-17-12-13-18-24(23)27(32)33)21-26(22-15-10-9-11-16-22)36-37(7,8)30(4,5)6/h9-11,15-16,23-26H,12-14,17-21H2,1-8H3,(H,31,34)/t23-,24+,25+,26+/m1/s1. The highest BCUT2D eigenvalue weighted by atomic mass is 28.4. The lowest BCUT2D eigenvalue weighted by Gasteiger charge is -2.41. The minimum atomic E-state index is -2.03. The van der Waals surface area contributed by atoms with Gasteiger partial charge in [-0.1, -0.05) is 63.9 Å². The van der Waals surface area contributed by atoms with Gasteiger partial charge in [0.25, 0.3) is 0 Å². The Morgan fingerprint density at radius 1 is 1.08 bits per heavy atom. The average Bonchev–Trinajstić information content (AvgIpc) is 3.06. The molecule has 37 heavy (non-hydrogen) atoms. The normalized spacial score (nSPS) is 23.5. The van der Waals surface area contributed by atoms with Crippen molar-refractivity contribution in [2.24, 2.45) is 11.8 Å². The van der Waals surface area contributed by atoms with Crippen molar-refractivity contribution < 1.29 is 18.8 Å². The van der Waals surface area contributed by atoms with Gasteiger partial charge in [0, 0.05) is 25.0 Å². The zero-order valence-electron chi connectivity index (χ0n) is 24.4. The second kappa shape index (κ2) is 11.9. The molecule has 1 aromatic carbocycles. The second-order valence-electron chi connectivity index (χ2n) is 13.4. The van der Waals surface area contributed by atoms with Gasteiger partial charge in [-0.25, -0.2) is 4.79 Å². The second-order valence-corrected chi connectivity index (χ2v) is 18.2. The van der Waals surface area contributed by atoms with Crippen LogP contribution in [0.4, 0.5) is 4.79 Å². The predicted molar refractivity (Wildman–Crippen MR) is 152 cm³/mol. The van der Waals surface area contributed by atoms with Crippen LogP contribution in [0.25, 0.3) is 0 Å². The molecule has 1 aliphatic heterocycles. The van der Waals surface area contributed by atoms with Crippen LogP contribution in [0, 0.1) is 11.8 Å². The van der Waals surface area contributed by atoms with Crippen molar-refractivity contribution in [1.82, 2.24) is 10.2 Å². The van der Waals surface area contributed by atoms with E-state index in [0.29, 0.717) is 31.3 Å². The van der Waals surface area contributed by atoms with Gasteiger partial charge >= 0.3 is 6.09 Å². The Morgan fingerprint density at radius 3 is 2.35 bits per heavy atom. The third-order valence-corrected chi connectivity index (χ3v) is 12.9. The van der Waals surface area contributed by atoms with Crippen LogP contribution in [0.3, 0.4) is 0 Å². The van der Waals surface area contributed by atoms with E-state index in [9.17, 15) is 9.59 Å². The zero-order valence-corrected chi connectivity index (χ0v) is 25.4. The number of nitrogens with zero attached hydrogens (tertiary/aromatic N) is 1. The molecule has 2 aliphatic rings. The van der Waals surface area contributed by atoms with Crippen molar-refractivity contribution >= 4 is 20.3 Å². The third-order valence-electron chi connectivity index (χ3n) is 8.43. The summed E-state index contributed by atoms with van der Waals surface area (Å²) in [5.41, 5.74) is 0.678. The molecule has 0 aromatic heterocycles. The van der Waals surface area contributed by atoms with E-state index in [4.69, 9.17) is 9.16 Å². The number of rotatable bonds is 9. The maximum Gasteiger partial charge on any atom is 0.407 e. The summed E-state index contributed by atoms with van der Waals surface area (Å²) in [5, 5.41) is 2.95. The fraction of sp³-hybridized carbons (Fsp3) is 0.733. The highest BCUT2D eigenvalue weighted by Crippen LogP contribution is 2.46. The number of fused-ring (bicyclic) bond motifs is 1. The number of nitrogens with one attached hydrogen (secondary N) is 1. The van der Waals surface area contributed by atoms with Crippen LogP contribution in [0.2, 0.25) is 18.1 Å². The van der Waals surface area contributed by atoms with Crippen molar-refractivity contribution in [2.45, 2.75) is 116 Å².